The normalized spacial score (nSPS) is 24.8. The molecule has 0 bridgehead atoms. The van der Waals surface area contributed by atoms with Crippen LogP contribution in [0.2, 0.25) is 0 Å². The van der Waals surface area contributed by atoms with Crippen molar-refractivity contribution in [3.05, 3.63) is 35.4 Å². The molecule has 4 rings (SSSR count). The zero-order valence-electron chi connectivity index (χ0n) is 15.9. The van der Waals surface area contributed by atoms with E-state index in [0.29, 0.717) is 18.4 Å². The fourth-order valence-corrected chi connectivity index (χ4v) is 4.71. The maximum Gasteiger partial charge on any atom is 0.233 e. The fourth-order valence-electron chi connectivity index (χ4n) is 4.71. The van der Waals surface area contributed by atoms with Gasteiger partial charge in [0.05, 0.1) is 5.41 Å². The molecule has 1 saturated carbocycles. The third-order valence-electron chi connectivity index (χ3n) is 6.56. The smallest absolute Gasteiger partial charge is 0.233 e. The molecule has 3 aliphatic rings. The Morgan fingerprint density at radius 1 is 1.12 bits per heavy atom. The highest BCUT2D eigenvalue weighted by Gasteiger charge is 2.53. The first-order valence-electron chi connectivity index (χ1n) is 10.3. The number of benzene rings is 1. The monoisotopic (exact) mass is 354 g/mol. The van der Waals surface area contributed by atoms with Crippen molar-refractivity contribution >= 4 is 11.8 Å². The SMILES string of the molecule is Cc1ccc(C2(C(=O)N3CCCC[C@H]3CCN3CCCC3=O)CC2)cc1. The van der Waals surface area contributed by atoms with E-state index < -0.39 is 0 Å². The number of amides is 2. The van der Waals surface area contributed by atoms with Crippen molar-refractivity contribution in [1.29, 1.82) is 0 Å². The molecule has 2 aliphatic heterocycles. The van der Waals surface area contributed by atoms with E-state index in [1.165, 1.54) is 17.5 Å². The van der Waals surface area contributed by atoms with E-state index in [4.69, 9.17) is 0 Å². The molecule has 2 saturated heterocycles. The number of rotatable bonds is 5. The van der Waals surface area contributed by atoms with Gasteiger partial charge >= 0.3 is 0 Å². The van der Waals surface area contributed by atoms with E-state index in [2.05, 4.69) is 36.1 Å². The number of piperidine rings is 1. The van der Waals surface area contributed by atoms with Crippen molar-refractivity contribution in [3.63, 3.8) is 0 Å². The summed E-state index contributed by atoms with van der Waals surface area (Å²) in [7, 11) is 0. The summed E-state index contributed by atoms with van der Waals surface area (Å²) in [4.78, 5) is 29.5. The van der Waals surface area contributed by atoms with Gasteiger partial charge in [-0.2, -0.15) is 0 Å². The Bertz CT molecular complexity index is 678. The maximum atomic E-state index is 13.5. The highest BCUT2D eigenvalue weighted by Crippen LogP contribution is 2.50. The quantitative estimate of drug-likeness (QED) is 0.813. The Hall–Kier alpha value is -1.84. The van der Waals surface area contributed by atoms with Crippen LogP contribution in [0.15, 0.2) is 24.3 Å². The molecular formula is C22H30N2O2. The predicted molar refractivity (Wildman–Crippen MR) is 102 cm³/mol. The third kappa shape index (κ3) is 3.26. The van der Waals surface area contributed by atoms with Crippen LogP contribution in [0, 0.1) is 6.92 Å². The van der Waals surface area contributed by atoms with Gasteiger partial charge in [-0.15, -0.1) is 0 Å². The van der Waals surface area contributed by atoms with Crippen LogP contribution in [-0.4, -0.2) is 47.3 Å². The van der Waals surface area contributed by atoms with E-state index in [1.807, 2.05) is 4.90 Å². The van der Waals surface area contributed by atoms with Crippen LogP contribution >= 0.6 is 0 Å². The molecule has 0 aromatic heterocycles. The second-order valence-corrected chi connectivity index (χ2v) is 8.37. The molecule has 1 aromatic carbocycles. The number of carbonyl (C=O) groups excluding carboxylic acids is 2. The average molecular weight is 354 g/mol. The number of likely N-dealkylation sites (tertiary alicyclic amines) is 2. The van der Waals surface area contributed by atoms with Gasteiger partial charge in [-0.25, -0.2) is 0 Å². The molecule has 0 N–H and O–H groups in total. The minimum absolute atomic E-state index is 0.271. The van der Waals surface area contributed by atoms with Gasteiger partial charge < -0.3 is 9.80 Å². The van der Waals surface area contributed by atoms with Gasteiger partial charge in [0, 0.05) is 32.1 Å². The molecule has 2 amide bonds. The summed E-state index contributed by atoms with van der Waals surface area (Å²) < 4.78 is 0. The van der Waals surface area contributed by atoms with Crippen molar-refractivity contribution < 1.29 is 9.59 Å². The van der Waals surface area contributed by atoms with Crippen LogP contribution in [0.4, 0.5) is 0 Å². The third-order valence-corrected chi connectivity index (χ3v) is 6.56. The van der Waals surface area contributed by atoms with Gasteiger partial charge in [0.2, 0.25) is 11.8 Å². The van der Waals surface area contributed by atoms with Crippen molar-refractivity contribution in [2.24, 2.45) is 0 Å². The van der Waals surface area contributed by atoms with Gasteiger partial charge in [0.1, 0.15) is 0 Å². The molecule has 0 unspecified atom stereocenters. The van der Waals surface area contributed by atoms with Crippen LogP contribution < -0.4 is 0 Å². The Kier molecular flexibility index (Phi) is 4.76. The Morgan fingerprint density at radius 2 is 1.88 bits per heavy atom. The lowest BCUT2D eigenvalue weighted by molar-refractivity contribution is -0.138. The number of hydrogen-bond donors (Lipinski definition) is 0. The number of carbonyl (C=O) groups is 2. The molecule has 3 fully saturated rings. The van der Waals surface area contributed by atoms with E-state index >= 15 is 0 Å². The summed E-state index contributed by atoms with van der Waals surface area (Å²) in [5, 5.41) is 0. The number of hydrogen-bond acceptors (Lipinski definition) is 2. The summed E-state index contributed by atoms with van der Waals surface area (Å²) in [6.45, 7) is 4.67. The van der Waals surface area contributed by atoms with E-state index in [1.54, 1.807) is 0 Å². The van der Waals surface area contributed by atoms with Gasteiger partial charge in [0.15, 0.2) is 0 Å². The molecule has 4 nitrogen and oxygen atoms in total. The number of aryl methyl sites for hydroxylation is 1. The van der Waals surface area contributed by atoms with Gasteiger partial charge in [-0.3, -0.25) is 9.59 Å². The van der Waals surface area contributed by atoms with Crippen molar-refractivity contribution in [3.8, 4) is 0 Å². The first kappa shape index (κ1) is 17.6. The highest BCUT2D eigenvalue weighted by molar-refractivity contribution is 5.91. The van der Waals surface area contributed by atoms with Crippen LogP contribution in [0.1, 0.15) is 62.5 Å². The Balaban J connectivity index is 1.46. The summed E-state index contributed by atoms with van der Waals surface area (Å²) in [6, 6.07) is 8.82. The second kappa shape index (κ2) is 7.05. The van der Waals surface area contributed by atoms with Crippen molar-refractivity contribution in [2.75, 3.05) is 19.6 Å². The second-order valence-electron chi connectivity index (χ2n) is 8.37. The lowest BCUT2D eigenvalue weighted by Gasteiger charge is -2.39. The maximum absolute atomic E-state index is 13.5. The highest BCUT2D eigenvalue weighted by atomic mass is 16.2. The van der Waals surface area contributed by atoms with Crippen molar-refractivity contribution in [1.82, 2.24) is 9.80 Å². The predicted octanol–water partition coefficient (Wildman–Crippen LogP) is 3.42. The van der Waals surface area contributed by atoms with Gasteiger partial charge in [0.25, 0.3) is 0 Å². The van der Waals surface area contributed by atoms with Gasteiger partial charge in [-0.1, -0.05) is 29.8 Å². The molecule has 140 valence electrons. The zero-order valence-corrected chi connectivity index (χ0v) is 15.9. The van der Waals surface area contributed by atoms with Crippen LogP contribution in [-0.2, 0) is 15.0 Å². The summed E-state index contributed by atoms with van der Waals surface area (Å²) in [6.07, 6.45) is 7.95. The molecule has 1 aromatic rings. The summed E-state index contributed by atoms with van der Waals surface area (Å²) >= 11 is 0. The minimum atomic E-state index is -0.271. The largest absolute Gasteiger partial charge is 0.343 e. The van der Waals surface area contributed by atoms with E-state index in [-0.39, 0.29) is 11.3 Å². The van der Waals surface area contributed by atoms with Crippen LogP contribution in [0.5, 0.6) is 0 Å². The molecule has 2 heterocycles. The lowest BCUT2D eigenvalue weighted by Crippen LogP contribution is -2.49. The summed E-state index contributed by atoms with van der Waals surface area (Å²) in [5.41, 5.74) is 2.16. The van der Waals surface area contributed by atoms with E-state index in [0.717, 1.165) is 58.2 Å². The van der Waals surface area contributed by atoms with Crippen molar-refractivity contribution in [2.45, 2.75) is 69.7 Å². The van der Waals surface area contributed by atoms with E-state index in [9.17, 15) is 9.59 Å². The minimum Gasteiger partial charge on any atom is -0.343 e. The molecule has 1 atom stereocenters. The summed E-state index contributed by atoms with van der Waals surface area (Å²) in [5.74, 6) is 0.621. The molecule has 26 heavy (non-hydrogen) atoms. The molecule has 4 heteroatoms. The Morgan fingerprint density at radius 3 is 2.54 bits per heavy atom. The average Bonchev–Trinajstić information content (AvgIpc) is 3.37. The molecule has 1 aliphatic carbocycles. The van der Waals surface area contributed by atoms with Crippen LogP contribution in [0.25, 0.3) is 0 Å². The Labute approximate surface area is 156 Å². The standard InChI is InChI=1S/C22H30N2O2/c1-17-7-9-18(10-8-17)22(12-13-22)21(26)24-15-3-2-5-19(24)11-16-23-14-4-6-20(23)25/h7-10,19H,2-6,11-16H2,1H3/t19-/m0/s1. The number of nitrogens with zero attached hydrogens (tertiary/aromatic N) is 2. The zero-order chi connectivity index (χ0) is 18.1. The first-order valence-corrected chi connectivity index (χ1v) is 10.3. The lowest BCUT2D eigenvalue weighted by atomic mass is 9.90. The molecular weight excluding hydrogens is 324 g/mol. The fraction of sp³-hybridized carbons (Fsp3) is 0.636. The van der Waals surface area contributed by atoms with Crippen LogP contribution in [0.3, 0.4) is 0 Å². The topological polar surface area (TPSA) is 40.6 Å². The molecule has 0 spiro atoms. The molecule has 0 radical (unpaired) electrons. The first-order chi connectivity index (χ1) is 12.6. The van der Waals surface area contributed by atoms with Gasteiger partial charge in [-0.05, 0) is 57.4 Å².